The molecule has 1 fully saturated rings. The van der Waals surface area contributed by atoms with Crippen LogP contribution in [0, 0.1) is 5.92 Å². The van der Waals surface area contributed by atoms with E-state index >= 15 is 0 Å². The molecule has 1 aliphatic rings. The molecule has 1 aromatic carbocycles. The van der Waals surface area contributed by atoms with Gasteiger partial charge in [0.1, 0.15) is 5.75 Å². The van der Waals surface area contributed by atoms with Gasteiger partial charge in [-0.1, -0.05) is 12.1 Å². The van der Waals surface area contributed by atoms with E-state index in [2.05, 4.69) is 30.4 Å². The van der Waals surface area contributed by atoms with Gasteiger partial charge >= 0.3 is 0 Å². The third-order valence-corrected chi connectivity index (χ3v) is 3.96. The average Bonchev–Trinajstić information content (AvgIpc) is 2.41. The molecule has 1 aromatic rings. The summed E-state index contributed by atoms with van der Waals surface area (Å²) in [5, 5.41) is 13.4. The third-order valence-electron chi connectivity index (χ3n) is 3.96. The Balaban J connectivity index is 1.99. The number of hydrogen-bond donors (Lipinski definition) is 2. The quantitative estimate of drug-likeness (QED) is 0.852. The first-order valence-electron chi connectivity index (χ1n) is 7.31. The van der Waals surface area contributed by atoms with Crippen LogP contribution in [-0.2, 0) is 12.8 Å². The Morgan fingerprint density at radius 3 is 2.68 bits per heavy atom. The van der Waals surface area contributed by atoms with Gasteiger partial charge in [0.05, 0.1) is 0 Å². The van der Waals surface area contributed by atoms with Gasteiger partial charge in [0.15, 0.2) is 0 Å². The lowest BCUT2D eigenvalue weighted by atomic mass is 9.90. The molecule has 19 heavy (non-hydrogen) atoms. The standard InChI is InChI=1S/C16H26N2O/c1-18(2)10-7-13-3-4-16(19)15(11-13)12-14-5-8-17-9-6-14/h3-4,11,14,17,19H,5-10,12H2,1-2H3. The maximum atomic E-state index is 10.0. The first-order chi connectivity index (χ1) is 9.15. The van der Waals surface area contributed by atoms with E-state index in [0.717, 1.165) is 44.0 Å². The van der Waals surface area contributed by atoms with Gasteiger partial charge in [-0.15, -0.1) is 0 Å². The Morgan fingerprint density at radius 1 is 1.26 bits per heavy atom. The second kappa shape index (κ2) is 6.92. The van der Waals surface area contributed by atoms with E-state index < -0.39 is 0 Å². The van der Waals surface area contributed by atoms with Crippen molar-refractivity contribution in [3.8, 4) is 5.75 Å². The number of phenols is 1. The lowest BCUT2D eigenvalue weighted by molar-refractivity contribution is 0.366. The molecule has 0 aromatic heterocycles. The summed E-state index contributed by atoms with van der Waals surface area (Å²) in [5.41, 5.74) is 2.46. The van der Waals surface area contributed by atoms with Crippen LogP contribution < -0.4 is 5.32 Å². The lowest BCUT2D eigenvalue weighted by Gasteiger charge is -2.23. The minimum atomic E-state index is 0.465. The number of benzene rings is 1. The molecule has 0 amide bonds. The van der Waals surface area contributed by atoms with Gasteiger partial charge < -0.3 is 15.3 Å². The summed E-state index contributed by atoms with van der Waals surface area (Å²) in [7, 11) is 4.19. The van der Waals surface area contributed by atoms with E-state index in [1.807, 2.05) is 12.1 Å². The van der Waals surface area contributed by atoms with Gasteiger partial charge in [-0.2, -0.15) is 0 Å². The van der Waals surface area contributed by atoms with Crippen LogP contribution in [0.3, 0.4) is 0 Å². The number of aromatic hydroxyl groups is 1. The summed E-state index contributed by atoms with van der Waals surface area (Å²) >= 11 is 0. The summed E-state index contributed by atoms with van der Waals surface area (Å²) in [6.45, 7) is 3.29. The van der Waals surface area contributed by atoms with Crippen molar-refractivity contribution in [2.75, 3.05) is 33.7 Å². The van der Waals surface area contributed by atoms with E-state index in [-0.39, 0.29) is 0 Å². The largest absolute Gasteiger partial charge is 0.508 e. The van der Waals surface area contributed by atoms with Gasteiger partial charge in [-0.25, -0.2) is 0 Å². The molecular weight excluding hydrogens is 236 g/mol. The molecule has 3 nitrogen and oxygen atoms in total. The average molecular weight is 262 g/mol. The van der Waals surface area contributed by atoms with Crippen molar-refractivity contribution < 1.29 is 5.11 Å². The second-order valence-corrected chi connectivity index (χ2v) is 5.91. The Labute approximate surface area is 116 Å². The zero-order chi connectivity index (χ0) is 13.7. The fraction of sp³-hybridized carbons (Fsp3) is 0.625. The van der Waals surface area contributed by atoms with Crippen molar-refractivity contribution in [3.63, 3.8) is 0 Å². The van der Waals surface area contributed by atoms with Crippen LogP contribution in [0.4, 0.5) is 0 Å². The highest BCUT2D eigenvalue weighted by atomic mass is 16.3. The highest BCUT2D eigenvalue weighted by Gasteiger charge is 2.15. The van der Waals surface area contributed by atoms with Crippen molar-refractivity contribution in [1.82, 2.24) is 10.2 Å². The number of hydrogen-bond acceptors (Lipinski definition) is 3. The molecule has 1 aliphatic heterocycles. The summed E-state index contributed by atoms with van der Waals surface area (Å²) in [6.07, 6.45) is 4.51. The molecule has 1 heterocycles. The molecule has 106 valence electrons. The first kappa shape index (κ1) is 14.4. The van der Waals surface area contributed by atoms with Crippen LogP contribution in [0.15, 0.2) is 18.2 Å². The SMILES string of the molecule is CN(C)CCc1ccc(O)c(CC2CCNCC2)c1. The fourth-order valence-electron chi connectivity index (χ4n) is 2.71. The predicted molar refractivity (Wildman–Crippen MR) is 79.7 cm³/mol. The maximum Gasteiger partial charge on any atom is 0.118 e. The zero-order valence-corrected chi connectivity index (χ0v) is 12.2. The van der Waals surface area contributed by atoms with E-state index in [1.54, 1.807) is 0 Å². The van der Waals surface area contributed by atoms with Gasteiger partial charge in [-0.3, -0.25) is 0 Å². The Bertz CT molecular complexity index is 398. The third kappa shape index (κ3) is 4.51. The van der Waals surface area contributed by atoms with Gasteiger partial charge in [-0.05, 0) is 76.0 Å². The van der Waals surface area contributed by atoms with Crippen molar-refractivity contribution in [1.29, 1.82) is 0 Å². The molecule has 1 saturated heterocycles. The Hall–Kier alpha value is -1.06. The molecule has 0 aliphatic carbocycles. The molecule has 0 radical (unpaired) electrons. The van der Waals surface area contributed by atoms with Gasteiger partial charge in [0, 0.05) is 6.54 Å². The molecule has 3 heteroatoms. The van der Waals surface area contributed by atoms with E-state index in [1.165, 1.54) is 18.4 Å². The van der Waals surface area contributed by atoms with E-state index in [4.69, 9.17) is 0 Å². The monoisotopic (exact) mass is 262 g/mol. The zero-order valence-electron chi connectivity index (χ0n) is 12.2. The molecule has 0 bridgehead atoms. The van der Waals surface area contributed by atoms with E-state index in [0.29, 0.717) is 5.75 Å². The second-order valence-electron chi connectivity index (χ2n) is 5.91. The molecule has 2 N–H and O–H groups in total. The van der Waals surface area contributed by atoms with Gasteiger partial charge in [0.25, 0.3) is 0 Å². The minimum Gasteiger partial charge on any atom is -0.508 e. The van der Waals surface area contributed by atoms with Crippen molar-refractivity contribution in [2.24, 2.45) is 5.92 Å². The molecule has 0 atom stereocenters. The summed E-state index contributed by atoms with van der Waals surface area (Å²) in [6, 6.07) is 6.10. The van der Waals surface area contributed by atoms with E-state index in [9.17, 15) is 5.11 Å². The Kier molecular flexibility index (Phi) is 5.23. The predicted octanol–water partition coefficient (Wildman–Crippen LogP) is 2.04. The highest BCUT2D eigenvalue weighted by Crippen LogP contribution is 2.25. The van der Waals surface area contributed by atoms with Crippen LogP contribution in [-0.4, -0.2) is 43.7 Å². The minimum absolute atomic E-state index is 0.465. The van der Waals surface area contributed by atoms with Crippen LogP contribution >= 0.6 is 0 Å². The molecule has 0 saturated carbocycles. The first-order valence-corrected chi connectivity index (χ1v) is 7.31. The summed E-state index contributed by atoms with van der Waals surface area (Å²) < 4.78 is 0. The maximum absolute atomic E-state index is 10.0. The normalized spacial score (nSPS) is 17.0. The molecule has 0 unspecified atom stereocenters. The molecular formula is C16H26N2O. The van der Waals surface area contributed by atoms with Crippen molar-refractivity contribution in [2.45, 2.75) is 25.7 Å². The molecule has 2 rings (SSSR count). The number of rotatable bonds is 5. The topological polar surface area (TPSA) is 35.5 Å². The smallest absolute Gasteiger partial charge is 0.118 e. The van der Waals surface area contributed by atoms with Crippen LogP contribution in [0.5, 0.6) is 5.75 Å². The number of nitrogens with one attached hydrogen (secondary N) is 1. The fourth-order valence-corrected chi connectivity index (χ4v) is 2.71. The number of nitrogens with zero attached hydrogens (tertiary/aromatic N) is 1. The number of piperidine rings is 1. The van der Waals surface area contributed by atoms with Crippen LogP contribution in [0.1, 0.15) is 24.0 Å². The van der Waals surface area contributed by atoms with Crippen LogP contribution in [0.25, 0.3) is 0 Å². The summed E-state index contributed by atoms with van der Waals surface area (Å²) in [5.74, 6) is 1.18. The van der Waals surface area contributed by atoms with Crippen molar-refractivity contribution in [3.05, 3.63) is 29.3 Å². The van der Waals surface area contributed by atoms with Crippen LogP contribution in [0.2, 0.25) is 0 Å². The number of phenolic OH excluding ortho intramolecular Hbond substituents is 1. The molecule has 0 spiro atoms. The highest BCUT2D eigenvalue weighted by molar-refractivity contribution is 5.36. The lowest BCUT2D eigenvalue weighted by Crippen LogP contribution is -2.28. The number of likely N-dealkylation sites (N-methyl/N-ethyl adjacent to an activating group) is 1. The summed E-state index contributed by atoms with van der Waals surface area (Å²) in [4.78, 5) is 2.19. The van der Waals surface area contributed by atoms with Crippen molar-refractivity contribution >= 4 is 0 Å². The van der Waals surface area contributed by atoms with Gasteiger partial charge in [0.2, 0.25) is 0 Å². The Morgan fingerprint density at radius 2 is 2.00 bits per heavy atom.